The van der Waals surface area contributed by atoms with Gasteiger partial charge in [-0.05, 0) is 24.1 Å². The van der Waals surface area contributed by atoms with E-state index in [-0.39, 0.29) is 6.54 Å². The summed E-state index contributed by atoms with van der Waals surface area (Å²) >= 11 is 0. The molecule has 2 aromatic rings. The standard InChI is InChI=1S/C19H20N2O5/c22-15(13-4-2-1-3-5-13)8-9-20-18(23)19(24)21-14-6-7-16-17(12-14)26-11-10-25-16/h1-7,12,15,22H,8-11H2,(H,20,23)(H,21,24). The van der Waals surface area contributed by atoms with Crippen molar-refractivity contribution >= 4 is 17.5 Å². The minimum Gasteiger partial charge on any atom is -0.486 e. The van der Waals surface area contributed by atoms with Crippen LogP contribution in [0.3, 0.4) is 0 Å². The number of aliphatic hydroxyl groups excluding tert-OH is 1. The maximum Gasteiger partial charge on any atom is 0.313 e. The first-order chi connectivity index (χ1) is 12.6. The highest BCUT2D eigenvalue weighted by Crippen LogP contribution is 2.32. The molecule has 0 saturated heterocycles. The summed E-state index contributed by atoms with van der Waals surface area (Å²) in [5.41, 5.74) is 1.21. The lowest BCUT2D eigenvalue weighted by molar-refractivity contribution is -0.136. The molecule has 2 aromatic carbocycles. The maximum atomic E-state index is 12.0. The molecule has 0 saturated carbocycles. The summed E-state index contributed by atoms with van der Waals surface area (Å²) < 4.78 is 10.8. The molecule has 7 heteroatoms. The van der Waals surface area contributed by atoms with Gasteiger partial charge in [-0.3, -0.25) is 9.59 Å². The summed E-state index contributed by atoms with van der Waals surface area (Å²) in [4.78, 5) is 23.9. The van der Waals surface area contributed by atoms with Gasteiger partial charge in [-0.25, -0.2) is 0 Å². The number of fused-ring (bicyclic) bond motifs is 1. The van der Waals surface area contributed by atoms with Crippen LogP contribution in [0.5, 0.6) is 11.5 Å². The Morgan fingerprint density at radius 3 is 2.50 bits per heavy atom. The molecular formula is C19H20N2O5. The van der Waals surface area contributed by atoms with Crippen LogP contribution in [0.2, 0.25) is 0 Å². The van der Waals surface area contributed by atoms with Crippen molar-refractivity contribution in [2.24, 2.45) is 0 Å². The lowest BCUT2D eigenvalue weighted by Gasteiger charge is -2.19. The largest absolute Gasteiger partial charge is 0.486 e. The third kappa shape index (κ3) is 4.52. The Bertz CT molecular complexity index is 779. The smallest absolute Gasteiger partial charge is 0.313 e. The van der Waals surface area contributed by atoms with Gasteiger partial charge in [0.1, 0.15) is 13.2 Å². The number of carbonyl (C=O) groups is 2. The van der Waals surface area contributed by atoms with Crippen LogP contribution in [-0.4, -0.2) is 36.7 Å². The molecule has 26 heavy (non-hydrogen) atoms. The number of hydrogen-bond acceptors (Lipinski definition) is 5. The fourth-order valence-electron chi connectivity index (χ4n) is 2.55. The molecule has 2 amide bonds. The van der Waals surface area contributed by atoms with E-state index in [2.05, 4.69) is 10.6 Å². The highest BCUT2D eigenvalue weighted by molar-refractivity contribution is 6.39. The molecule has 1 heterocycles. The average Bonchev–Trinajstić information content (AvgIpc) is 2.68. The van der Waals surface area contributed by atoms with E-state index >= 15 is 0 Å². The minimum atomic E-state index is -0.782. The number of aliphatic hydroxyl groups is 1. The first kappa shape index (κ1) is 17.8. The second kappa shape index (κ2) is 8.35. The Morgan fingerprint density at radius 2 is 1.73 bits per heavy atom. The van der Waals surface area contributed by atoms with Crippen LogP contribution >= 0.6 is 0 Å². The number of ether oxygens (including phenoxy) is 2. The van der Waals surface area contributed by atoms with E-state index in [1.807, 2.05) is 18.2 Å². The molecule has 7 nitrogen and oxygen atoms in total. The van der Waals surface area contributed by atoms with Crippen molar-refractivity contribution < 1.29 is 24.2 Å². The van der Waals surface area contributed by atoms with E-state index in [4.69, 9.17) is 9.47 Å². The molecule has 1 aliphatic heterocycles. The quantitative estimate of drug-likeness (QED) is 0.708. The molecule has 1 aliphatic rings. The maximum absolute atomic E-state index is 12.0. The van der Waals surface area contributed by atoms with Crippen molar-refractivity contribution in [1.82, 2.24) is 5.32 Å². The zero-order valence-electron chi connectivity index (χ0n) is 14.1. The van der Waals surface area contributed by atoms with Crippen LogP contribution in [0.4, 0.5) is 5.69 Å². The number of nitrogens with one attached hydrogen (secondary N) is 2. The highest BCUT2D eigenvalue weighted by Gasteiger charge is 2.17. The first-order valence-corrected chi connectivity index (χ1v) is 8.35. The Hall–Kier alpha value is -3.06. The Balaban J connectivity index is 1.47. The van der Waals surface area contributed by atoms with Crippen molar-refractivity contribution in [2.75, 3.05) is 25.1 Å². The predicted octanol–water partition coefficient (Wildman–Crippen LogP) is 1.64. The highest BCUT2D eigenvalue weighted by atomic mass is 16.6. The predicted molar refractivity (Wildman–Crippen MR) is 95.1 cm³/mol. The fourth-order valence-corrected chi connectivity index (χ4v) is 2.55. The number of carbonyl (C=O) groups excluding carboxylic acids is 2. The molecule has 3 rings (SSSR count). The van der Waals surface area contributed by atoms with Gasteiger partial charge in [-0.2, -0.15) is 0 Å². The lowest BCUT2D eigenvalue weighted by Crippen LogP contribution is -2.36. The van der Waals surface area contributed by atoms with E-state index in [1.165, 1.54) is 0 Å². The van der Waals surface area contributed by atoms with Gasteiger partial charge in [-0.15, -0.1) is 0 Å². The normalized spacial score (nSPS) is 13.6. The summed E-state index contributed by atoms with van der Waals surface area (Å²) in [6, 6.07) is 14.1. The van der Waals surface area contributed by atoms with Gasteiger partial charge in [0.2, 0.25) is 0 Å². The van der Waals surface area contributed by atoms with E-state index < -0.39 is 17.9 Å². The molecule has 0 aliphatic carbocycles. The second-order valence-electron chi connectivity index (χ2n) is 5.78. The van der Waals surface area contributed by atoms with Gasteiger partial charge in [-0.1, -0.05) is 30.3 Å². The number of rotatable bonds is 5. The van der Waals surface area contributed by atoms with Crippen LogP contribution in [0, 0.1) is 0 Å². The summed E-state index contributed by atoms with van der Waals surface area (Å²) in [5, 5.41) is 15.1. The average molecular weight is 356 g/mol. The summed E-state index contributed by atoms with van der Waals surface area (Å²) in [6.07, 6.45) is -0.384. The Morgan fingerprint density at radius 1 is 1.00 bits per heavy atom. The molecule has 1 atom stereocenters. The first-order valence-electron chi connectivity index (χ1n) is 8.35. The van der Waals surface area contributed by atoms with E-state index in [0.29, 0.717) is 36.8 Å². The molecule has 0 aromatic heterocycles. The van der Waals surface area contributed by atoms with Crippen LogP contribution in [0.25, 0.3) is 0 Å². The van der Waals surface area contributed by atoms with Gasteiger partial charge < -0.3 is 25.2 Å². The number of amides is 2. The van der Waals surface area contributed by atoms with E-state index in [1.54, 1.807) is 30.3 Å². The molecule has 0 bridgehead atoms. The third-order valence-corrected chi connectivity index (χ3v) is 3.89. The number of anilines is 1. The van der Waals surface area contributed by atoms with Crippen molar-refractivity contribution in [3.63, 3.8) is 0 Å². The van der Waals surface area contributed by atoms with E-state index in [0.717, 1.165) is 5.56 Å². The monoisotopic (exact) mass is 356 g/mol. The van der Waals surface area contributed by atoms with Gasteiger partial charge in [0, 0.05) is 18.3 Å². The van der Waals surface area contributed by atoms with Crippen molar-refractivity contribution in [3.05, 3.63) is 54.1 Å². The summed E-state index contributed by atoms with van der Waals surface area (Å²) in [5.74, 6) is -0.412. The van der Waals surface area contributed by atoms with Gasteiger partial charge in [0.15, 0.2) is 11.5 Å². The summed E-state index contributed by atoms with van der Waals surface area (Å²) in [6.45, 7) is 1.11. The van der Waals surface area contributed by atoms with Gasteiger partial charge >= 0.3 is 11.8 Å². The summed E-state index contributed by atoms with van der Waals surface area (Å²) in [7, 11) is 0. The molecule has 3 N–H and O–H groups in total. The minimum absolute atomic E-state index is 0.184. The van der Waals surface area contributed by atoms with Gasteiger partial charge in [0.05, 0.1) is 6.10 Å². The Labute approximate surface area is 150 Å². The molecule has 0 radical (unpaired) electrons. The van der Waals surface area contributed by atoms with Gasteiger partial charge in [0.25, 0.3) is 0 Å². The second-order valence-corrected chi connectivity index (χ2v) is 5.78. The molecule has 0 spiro atoms. The van der Waals surface area contributed by atoms with E-state index in [9.17, 15) is 14.7 Å². The molecule has 136 valence electrons. The number of benzene rings is 2. The molecule has 0 fully saturated rings. The molecular weight excluding hydrogens is 336 g/mol. The van der Waals surface area contributed by atoms with Crippen LogP contribution < -0.4 is 20.1 Å². The zero-order valence-corrected chi connectivity index (χ0v) is 14.1. The van der Waals surface area contributed by atoms with Crippen molar-refractivity contribution in [3.8, 4) is 11.5 Å². The third-order valence-electron chi connectivity index (χ3n) is 3.89. The number of hydrogen-bond donors (Lipinski definition) is 3. The van der Waals surface area contributed by atoms with Crippen molar-refractivity contribution in [2.45, 2.75) is 12.5 Å². The van der Waals surface area contributed by atoms with Crippen LogP contribution in [-0.2, 0) is 9.59 Å². The Kier molecular flexibility index (Phi) is 5.70. The SMILES string of the molecule is O=C(NCCC(O)c1ccccc1)C(=O)Nc1ccc2c(c1)OCCO2. The fraction of sp³-hybridized carbons (Fsp3) is 0.263. The van der Waals surface area contributed by atoms with Crippen LogP contribution in [0.15, 0.2) is 48.5 Å². The molecule has 1 unspecified atom stereocenters. The lowest BCUT2D eigenvalue weighted by atomic mass is 10.1. The van der Waals surface area contributed by atoms with Crippen LogP contribution in [0.1, 0.15) is 18.1 Å². The topological polar surface area (TPSA) is 96.9 Å². The van der Waals surface area contributed by atoms with Crippen molar-refractivity contribution in [1.29, 1.82) is 0 Å². The zero-order chi connectivity index (χ0) is 18.4.